The third kappa shape index (κ3) is 3.12. The first-order valence-corrected chi connectivity index (χ1v) is 9.98. The maximum Gasteiger partial charge on any atom is 0.163 e. The van der Waals surface area contributed by atoms with Crippen LogP contribution in [0.4, 0.5) is 0 Å². The Morgan fingerprint density at radius 1 is 0.759 bits per heavy atom. The molecule has 1 heterocycles. The van der Waals surface area contributed by atoms with E-state index in [1.807, 2.05) is 50.2 Å². The minimum atomic E-state index is -1.33. The molecule has 0 radical (unpaired) electrons. The fraction of sp³-hybridized carbons (Fsp3) is 0.231. The second-order valence-electron chi connectivity index (χ2n) is 8.21. The average molecular weight is 384 g/mol. The van der Waals surface area contributed by atoms with E-state index >= 15 is 0 Å². The van der Waals surface area contributed by atoms with Gasteiger partial charge in [0.15, 0.2) is 5.79 Å². The van der Waals surface area contributed by atoms with E-state index in [2.05, 4.69) is 48.5 Å². The highest BCUT2D eigenvalue weighted by molar-refractivity contribution is 5.85. The second-order valence-corrected chi connectivity index (χ2v) is 8.21. The lowest BCUT2D eigenvalue weighted by Crippen LogP contribution is -2.43. The van der Waals surface area contributed by atoms with Gasteiger partial charge in [-0.3, -0.25) is 0 Å². The fourth-order valence-corrected chi connectivity index (χ4v) is 4.28. The van der Waals surface area contributed by atoms with Crippen LogP contribution in [0.25, 0.3) is 21.5 Å². The molecule has 4 aromatic carbocycles. The molecule has 1 saturated heterocycles. The highest BCUT2D eigenvalue weighted by Gasteiger charge is 2.48. The smallest absolute Gasteiger partial charge is 0.163 e. The van der Waals surface area contributed by atoms with Gasteiger partial charge in [0, 0.05) is 0 Å². The molecule has 1 aliphatic rings. The second kappa shape index (κ2) is 6.67. The van der Waals surface area contributed by atoms with Crippen LogP contribution >= 0.6 is 0 Å². The molecule has 4 aromatic rings. The lowest BCUT2D eigenvalue weighted by molar-refractivity contribution is -0.164. The molecule has 1 unspecified atom stereocenters. The lowest BCUT2D eigenvalue weighted by atomic mass is 9.80. The van der Waals surface area contributed by atoms with Crippen LogP contribution in [0, 0.1) is 0 Å². The van der Waals surface area contributed by atoms with Crippen LogP contribution in [0.3, 0.4) is 0 Å². The fourth-order valence-electron chi connectivity index (χ4n) is 4.28. The van der Waals surface area contributed by atoms with Crippen molar-refractivity contribution in [2.45, 2.75) is 31.3 Å². The van der Waals surface area contributed by atoms with E-state index < -0.39 is 17.5 Å². The maximum absolute atomic E-state index is 12.2. The summed E-state index contributed by atoms with van der Waals surface area (Å²) in [5, 5.41) is 16.7. The molecule has 1 aliphatic heterocycles. The summed E-state index contributed by atoms with van der Waals surface area (Å²) in [6.07, 6.45) is -0.514. The van der Waals surface area contributed by atoms with Gasteiger partial charge >= 0.3 is 0 Å². The summed E-state index contributed by atoms with van der Waals surface area (Å²) in [5.74, 6) is -0.730. The van der Waals surface area contributed by atoms with Gasteiger partial charge in [0.25, 0.3) is 0 Å². The molecular formula is C26H24O3. The number of fused-ring (bicyclic) bond motifs is 2. The van der Waals surface area contributed by atoms with E-state index in [0.717, 1.165) is 32.7 Å². The molecule has 3 nitrogen and oxygen atoms in total. The summed E-state index contributed by atoms with van der Waals surface area (Å²) < 4.78 is 12.0. The van der Waals surface area contributed by atoms with Crippen molar-refractivity contribution in [1.82, 2.24) is 0 Å². The highest BCUT2D eigenvalue weighted by atomic mass is 16.7. The molecule has 1 fully saturated rings. The van der Waals surface area contributed by atoms with E-state index in [4.69, 9.17) is 9.47 Å². The third-order valence-corrected chi connectivity index (χ3v) is 5.85. The Morgan fingerprint density at radius 3 is 1.69 bits per heavy atom. The van der Waals surface area contributed by atoms with Crippen molar-refractivity contribution in [2.24, 2.45) is 0 Å². The Bertz CT molecular complexity index is 1120. The van der Waals surface area contributed by atoms with Crippen molar-refractivity contribution in [2.75, 3.05) is 6.61 Å². The molecule has 1 N–H and O–H groups in total. The van der Waals surface area contributed by atoms with E-state index in [0.29, 0.717) is 6.61 Å². The molecule has 146 valence electrons. The standard InChI is InChI=1S/C26H24O3/c1-25(2)28-17-24(29-25)26(27,22-13-11-18-7-3-5-9-20(18)15-22)23-14-12-19-8-4-6-10-21(19)16-23/h3-16,24,27H,17H2,1-2H3. The van der Waals surface area contributed by atoms with Gasteiger partial charge < -0.3 is 14.6 Å². The van der Waals surface area contributed by atoms with Crippen LogP contribution in [-0.4, -0.2) is 23.6 Å². The molecular weight excluding hydrogens is 360 g/mol. The zero-order valence-corrected chi connectivity index (χ0v) is 16.6. The Morgan fingerprint density at radius 2 is 1.24 bits per heavy atom. The molecule has 0 bridgehead atoms. The topological polar surface area (TPSA) is 38.7 Å². The third-order valence-electron chi connectivity index (χ3n) is 5.85. The molecule has 0 aromatic heterocycles. The van der Waals surface area contributed by atoms with Crippen LogP contribution in [0.1, 0.15) is 25.0 Å². The maximum atomic E-state index is 12.2. The molecule has 1 atom stereocenters. The first-order chi connectivity index (χ1) is 14.0. The van der Waals surface area contributed by atoms with Gasteiger partial charge in [0.2, 0.25) is 0 Å². The number of benzene rings is 4. The van der Waals surface area contributed by atoms with E-state index in [9.17, 15) is 5.11 Å². The zero-order valence-electron chi connectivity index (χ0n) is 16.6. The van der Waals surface area contributed by atoms with Crippen LogP contribution in [0.5, 0.6) is 0 Å². The molecule has 29 heavy (non-hydrogen) atoms. The summed E-state index contributed by atoms with van der Waals surface area (Å²) in [7, 11) is 0. The molecule has 0 amide bonds. The lowest BCUT2D eigenvalue weighted by Gasteiger charge is -2.35. The summed E-state index contributed by atoms with van der Waals surface area (Å²) in [5.41, 5.74) is 0.275. The van der Waals surface area contributed by atoms with Gasteiger partial charge in [-0.05, 0) is 58.7 Å². The van der Waals surface area contributed by atoms with Crippen molar-refractivity contribution in [3.8, 4) is 0 Å². The van der Waals surface area contributed by atoms with Crippen molar-refractivity contribution in [3.05, 3.63) is 96.1 Å². The Kier molecular flexibility index (Phi) is 4.21. The van der Waals surface area contributed by atoms with Gasteiger partial charge in [-0.15, -0.1) is 0 Å². The monoisotopic (exact) mass is 384 g/mol. The summed E-state index contributed by atoms with van der Waals surface area (Å²) in [6, 6.07) is 28.6. The number of aliphatic hydroxyl groups is 1. The van der Waals surface area contributed by atoms with Crippen molar-refractivity contribution >= 4 is 21.5 Å². The summed E-state index contributed by atoms with van der Waals surface area (Å²) in [6.45, 7) is 4.09. The van der Waals surface area contributed by atoms with Gasteiger partial charge in [0.1, 0.15) is 11.7 Å². The van der Waals surface area contributed by atoms with E-state index in [1.165, 1.54) is 0 Å². The number of ether oxygens (including phenoxy) is 2. The minimum absolute atomic E-state index is 0.323. The molecule has 3 heteroatoms. The minimum Gasteiger partial charge on any atom is -0.378 e. The number of rotatable bonds is 3. The first-order valence-electron chi connectivity index (χ1n) is 9.98. The Labute approximate surface area is 170 Å². The van der Waals surface area contributed by atoms with Crippen LogP contribution in [-0.2, 0) is 15.1 Å². The van der Waals surface area contributed by atoms with Gasteiger partial charge in [-0.1, -0.05) is 72.8 Å². The summed E-state index contributed by atoms with van der Waals surface area (Å²) >= 11 is 0. The van der Waals surface area contributed by atoms with Crippen LogP contribution in [0.15, 0.2) is 84.9 Å². The van der Waals surface area contributed by atoms with Crippen molar-refractivity contribution in [1.29, 1.82) is 0 Å². The molecule has 0 spiro atoms. The number of hydrogen-bond acceptors (Lipinski definition) is 3. The molecule has 5 rings (SSSR count). The van der Waals surface area contributed by atoms with Gasteiger partial charge in [-0.2, -0.15) is 0 Å². The van der Waals surface area contributed by atoms with Gasteiger partial charge in [0.05, 0.1) is 6.61 Å². The highest BCUT2D eigenvalue weighted by Crippen LogP contribution is 2.41. The van der Waals surface area contributed by atoms with Crippen molar-refractivity contribution in [3.63, 3.8) is 0 Å². The normalized spacial score (nSPS) is 19.1. The largest absolute Gasteiger partial charge is 0.378 e. The molecule has 0 aliphatic carbocycles. The van der Waals surface area contributed by atoms with Crippen molar-refractivity contribution < 1.29 is 14.6 Å². The van der Waals surface area contributed by atoms with Gasteiger partial charge in [-0.25, -0.2) is 0 Å². The number of hydrogen-bond donors (Lipinski definition) is 1. The predicted octanol–water partition coefficient (Wildman–Crippen LogP) is 5.38. The quantitative estimate of drug-likeness (QED) is 0.515. The summed E-state index contributed by atoms with van der Waals surface area (Å²) in [4.78, 5) is 0. The Balaban J connectivity index is 1.71. The zero-order chi connectivity index (χ0) is 20.1. The SMILES string of the molecule is CC1(C)OCC(C(O)(c2ccc3ccccc3c2)c2ccc3ccccc3c2)O1. The van der Waals surface area contributed by atoms with E-state index in [1.54, 1.807) is 0 Å². The van der Waals surface area contributed by atoms with E-state index in [-0.39, 0.29) is 0 Å². The molecule has 0 saturated carbocycles. The Hall–Kier alpha value is -2.72. The average Bonchev–Trinajstić information content (AvgIpc) is 3.12. The van der Waals surface area contributed by atoms with Crippen LogP contribution in [0.2, 0.25) is 0 Å². The first kappa shape index (κ1) is 18.3. The van der Waals surface area contributed by atoms with Crippen LogP contribution < -0.4 is 0 Å². The predicted molar refractivity (Wildman–Crippen MR) is 116 cm³/mol.